The zero-order valence-electron chi connectivity index (χ0n) is 16.6. The molecule has 0 radical (unpaired) electrons. The van der Waals surface area contributed by atoms with Crippen LogP contribution in [0.4, 0.5) is 0 Å². The maximum absolute atomic E-state index is 11.9. The van der Waals surface area contributed by atoms with Crippen molar-refractivity contribution in [3.63, 3.8) is 0 Å². The lowest BCUT2D eigenvalue weighted by molar-refractivity contribution is -0.0496. The minimum Gasteiger partial charge on any atom is -0.390 e. The molecule has 2 heterocycles. The molecule has 16 heteroatoms. The Morgan fingerprint density at radius 1 is 1.16 bits per heavy atom. The van der Waals surface area contributed by atoms with E-state index in [9.17, 15) is 28.6 Å². The SMILES string of the molecule is C=C1c2ccc(C)cc2C=CN1[C@H]1C[C@@H](O)[C@@H](COP(=O)(O)OP(=O)(O)OP(=O)(O)O)O1. The first-order valence-corrected chi connectivity index (χ1v) is 13.6. The van der Waals surface area contributed by atoms with E-state index in [1.807, 2.05) is 31.2 Å². The van der Waals surface area contributed by atoms with E-state index in [4.69, 9.17) is 14.5 Å². The van der Waals surface area contributed by atoms with Crippen LogP contribution in [-0.2, 0) is 31.6 Å². The van der Waals surface area contributed by atoms with E-state index in [2.05, 4.69) is 19.7 Å². The van der Waals surface area contributed by atoms with Crippen molar-refractivity contribution < 1.29 is 56.3 Å². The maximum Gasteiger partial charge on any atom is 0.490 e. The summed E-state index contributed by atoms with van der Waals surface area (Å²) in [4.78, 5) is 37.5. The minimum atomic E-state index is -5.62. The summed E-state index contributed by atoms with van der Waals surface area (Å²) < 4.78 is 51.4. The summed E-state index contributed by atoms with van der Waals surface area (Å²) in [6, 6.07) is 5.82. The van der Waals surface area contributed by atoms with Gasteiger partial charge in [0.05, 0.1) is 12.7 Å². The number of phosphoric acid groups is 3. The van der Waals surface area contributed by atoms with E-state index in [0.717, 1.165) is 16.7 Å². The third kappa shape index (κ3) is 6.45. The van der Waals surface area contributed by atoms with Crippen molar-refractivity contribution in [3.05, 3.63) is 47.7 Å². The number of phosphoric ester groups is 1. The zero-order chi connectivity index (χ0) is 23.9. The number of aliphatic hydroxyl groups is 1. The third-order valence-electron chi connectivity index (χ3n) is 4.58. The van der Waals surface area contributed by atoms with Gasteiger partial charge in [-0.3, -0.25) is 4.52 Å². The molecule has 0 amide bonds. The Kier molecular flexibility index (Phi) is 7.34. The molecule has 0 aliphatic carbocycles. The van der Waals surface area contributed by atoms with Crippen LogP contribution in [0.1, 0.15) is 23.1 Å². The van der Waals surface area contributed by atoms with E-state index < -0.39 is 48.5 Å². The third-order valence-corrected chi connectivity index (χ3v) is 8.38. The number of nitrogens with zero attached hydrogens (tertiary/aromatic N) is 1. The molecule has 32 heavy (non-hydrogen) atoms. The van der Waals surface area contributed by atoms with Gasteiger partial charge in [-0.05, 0) is 18.6 Å². The number of aliphatic hydroxyl groups excluding tert-OH is 1. The van der Waals surface area contributed by atoms with Crippen LogP contribution < -0.4 is 0 Å². The summed E-state index contributed by atoms with van der Waals surface area (Å²) in [5.41, 5.74) is 3.53. The van der Waals surface area contributed by atoms with Gasteiger partial charge in [-0.1, -0.05) is 30.3 Å². The van der Waals surface area contributed by atoms with Gasteiger partial charge in [-0.25, -0.2) is 13.7 Å². The van der Waals surface area contributed by atoms with Crippen LogP contribution in [0, 0.1) is 6.92 Å². The Labute approximate surface area is 183 Å². The van der Waals surface area contributed by atoms with Crippen LogP contribution in [0.25, 0.3) is 11.8 Å². The molecule has 1 aromatic carbocycles. The van der Waals surface area contributed by atoms with Gasteiger partial charge >= 0.3 is 23.5 Å². The van der Waals surface area contributed by atoms with Crippen molar-refractivity contribution in [3.8, 4) is 0 Å². The molecule has 0 saturated carbocycles. The van der Waals surface area contributed by atoms with Crippen molar-refractivity contribution in [2.75, 3.05) is 6.61 Å². The smallest absolute Gasteiger partial charge is 0.390 e. The Morgan fingerprint density at radius 3 is 2.50 bits per heavy atom. The number of benzene rings is 1. The van der Waals surface area contributed by atoms with Gasteiger partial charge < -0.3 is 34.3 Å². The van der Waals surface area contributed by atoms with Gasteiger partial charge in [0.2, 0.25) is 0 Å². The van der Waals surface area contributed by atoms with Gasteiger partial charge in [-0.15, -0.1) is 0 Å². The second kappa shape index (κ2) is 9.23. The van der Waals surface area contributed by atoms with Gasteiger partial charge in [0.25, 0.3) is 0 Å². The van der Waals surface area contributed by atoms with Gasteiger partial charge in [0.15, 0.2) is 0 Å². The maximum atomic E-state index is 11.9. The molecule has 0 spiro atoms. The largest absolute Gasteiger partial charge is 0.490 e. The first kappa shape index (κ1) is 25.5. The van der Waals surface area contributed by atoms with Gasteiger partial charge in [0.1, 0.15) is 12.3 Å². The fraction of sp³-hybridized carbons (Fsp3) is 0.375. The highest BCUT2D eigenvalue weighted by Gasteiger charge is 2.43. The molecule has 1 fully saturated rings. The number of ether oxygens (including phenoxy) is 1. The fourth-order valence-corrected chi connectivity index (χ4v) is 6.28. The second-order valence-electron chi connectivity index (χ2n) is 7.08. The van der Waals surface area contributed by atoms with Crippen LogP contribution in [0.3, 0.4) is 0 Å². The lowest BCUT2D eigenvalue weighted by Crippen LogP contribution is -2.31. The summed E-state index contributed by atoms with van der Waals surface area (Å²) in [6.07, 6.45) is 0.740. The molecule has 2 unspecified atom stereocenters. The molecular weight excluding hydrogens is 491 g/mol. The average molecular weight is 513 g/mol. The lowest BCUT2D eigenvalue weighted by Gasteiger charge is -2.32. The molecule has 5 N–H and O–H groups in total. The van der Waals surface area contributed by atoms with Crippen molar-refractivity contribution in [2.24, 2.45) is 0 Å². The number of fused-ring (bicyclic) bond motifs is 1. The highest BCUT2D eigenvalue weighted by Crippen LogP contribution is 2.66. The van der Waals surface area contributed by atoms with Crippen molar-refractivity contribution in [1.29, 1.82) is 0 Å². The number of aryl methyl sites for hydroxylation is 1. The molecule has 1 saturated heterocycles. The molecule has 3 rings (SSSR count). The van der Waals surface area contributed by atoms with E-state index in [1.165, 1.54) is 0 Å². The highest BCUT2D eigenvalue weighted by molar-refractivity contribution is 7.66. The highest BCUT2D eigenvalue weighted by atomic mass is 31.3. The summed E-state index contributed by atoms with van der Waals surface area (Å²) >= 11 is 0. The predicted molar refractivity (Wildman–Crippen MR) is 110 cm³/mol. The van der Waals surface area contributed by atoms with E-state index >= 15 is 0 Å². The molecule has 1 aromatic rings. The number of hydrogen-bond acceptors (Lipinski definition) is 9. The summed E-state index contributed by atoms with van der Waals surface area (Å²) in [5, 5.41) is 10.3. The van der Waals surface area contributed by atoms with Crippen molar-refractivity contribution >= 4 is 35.2 Å². The summed E-state index contributed by atoms with van der Waals surface area (Å²) in [7, 11) is -16.4. The van der Waals surface area contributed by atoms with Crippen LogP contribution in [0.2, 0.25) is 0 Å². The fourth-order valence-electron chi connectivity index (χ4n) is 3.25. The molecule has 0 bridgehead atoms. The first-order valence-electron chi connectivity index (χ1n) is 9.04. The molecule has 13 nitrogen and oxygen atoms in total. The topological polar surface area (TPSA) is 193 Å². The molecule has 0 aromatic heterocycles. The van der Waals surface area contributed by atoms with E-state index in [0.29, 0.717) is 5.70 Å². The lowest BCUT2D eigenvalue weighted by atomic mass is 9.98. The first-order chi connectivity index (χ1) is 14.7. The van der Waals surface area contributed by atoms with Crippen LogP contribution in [0.5, 0.6) is 0 Å². The van der Waals surface area contributed by atoms with Crippen molar-refractivity contribution in [1.82, 2.24) is 4.90 Å². The summed E-state index contributed by atoms with van der Waals surface area (Å²) in [6.45, 7) is 5.28. The minimum absolute atomic E-state index is 0.0922. The predicted octanol–water partition coefficient (Wildman–Crippen LogP) is 2.07. The zero-order valence-corrected chi connectivity index (χ0v) is 19.3. The summed E-state index contributed by atoms with van der Waals surface area (Å²) in [5.74, 6) is 0. The number of rotatable bonds is 8. The van der Waals surface area contributed by atoms with Crippen LogP contribution in [0.15, 0.2) is 31.0 Å². The van der Waals surface area contributed by atoms with Crippen LogP contribution >= 0.6 is 23.5 Å². The average Bonchev–Trinajstić information content (AvgIpc) is 2.97. The standard InChI is InChI=1S/C16H22NO12P3/c1-10-3-4-13-11(2)17(6-5-12(13)7-10)16-8-14(18)15(27-16)9-26-31(22,23)29-32(24,25)28-30(19,20)21/h3-7,14-16,18H,2,8-9H2,1H3,(H,22,23)(H,24,25)(H2,19,20,21)/t14-,15-,16-/m1/s1. The van der Waals surface area contributed by atoms with Gasteiger partial charge in [-0.2, -0.15) is 8.62 Å². The van der Waals surface area contributed by atoms with E-state index in [1.54, 1.807) is 11.1 Å². The Hall–Kier alpha value is -1.17. The molecular formula is C16H22NO12P3. The Morgan fingerprint density at radius 2 is 1.84 bits per heavy atom. The number of hydrogen-bond donors (Lipinski definition) is 5. The molecule has 178 valence electrons. The monoisotopic (exact) mass is 513 g/mol. The van der Waals surface area contributed by atoms with Crippen molar-refractivity contribution in [2.45, 2.75) is 31.8 Å². The second-order valence-corrected chi connectivity index (χ2v) is 11.5. The van der Waals surface area contributed by atoms with E-state index in [-0.39, 0.29) is 6.42 Å². The van der Waals surface area contributed by atoms with Crippen LogP contribution in [-0.4, -0.2) is 54.6 Å². The Bertz CT molecular complexity index is 1070. The quantitative estimate of drug-likeness (QED) is 0.318. The molecule has 2 aliphatic rings. The molecule has 2 aliphatic heterocycles. The normalized spacial score (nSPS) is 27.1. The molecule has 5 atom stereocenters. The van der Waals surface area contributed by atoms with Gasteiger partial charge in [0, 0.05) is 23.9 Å². The Balaban J connectivity index is 1.61.